The quantitative estimate of drug-likeness (QED) is 0.589. The average Bonchev–Trinajstić information content (AvgIpc) is 2.27. The van der Waals surface area contributed by atoms with E-state index in [-0.39, 0.29) is 11.4 Å². The van der Waals surface area contributed by atoms with Gasteiger partial charge in [0.25, 0.3) is 0 Å². The Balaban J connectivity index is 3.09. The molecule has 16 heavy (non-hydrogen) atoms. The molecule has 1 aromatic carbocycles. The molecule has 0 radical (unpaired) electrons. The SMILES string of the molecule is C=CCNS(=O)(=O)c1ccc(N)c(OC)c1. The summed E-state index contributed by atoms with van der Waals surface area (Å²) in [5, 5.41) is 0. The van der Waals surface area contributed by atoms with Crippen LogP contribution >= 0.6 is 0 Å². The predicted octanol–water partition coefficient (Wildman–Crippen LogP) is 0.742. The topological polar surface area (TPSA) is 81.4 Å². The van der Waals surface area contributed by atoms with E-state index in [1.807, 2.05) is 0 Å². The summed E-state index contributed by atoms with van der Waals surface area (Å²) >= 11 is 0. The third kappa shape index (κ3) is 2.74. The minimum absolute atomic E-state index is 0.111. The van der Waals surface area contributed by atoms with Gasteiger partial charge >= 0.3 is 0 Å². The van der Waals surface area contributed by atoms with E-state index in [0.29, 0.717) is 11.4 Å². The number of hydrogen-bond acceptors (Lipinski definition) is 4. The standard InChI is InChI=1S/C10H14N2O3S/c1-3-6-12-16(13,14)8-4-5-9(11)10(7-8)15-2/h3-5,7,12H,1,6,11H2,2H3. The number of sulfonamides is 1. The smallest absolute Gasteiger partial charge is 0.240 e. The first kappa shape index (κ1) is 12.5. The van der Waals surface area contributed by atoms with E-state index in [1.54, 1.807) is 0 Å². The van der Waals surface area contributed by atoms with Crippen molar-refractivity contribution in [3.8, 4) is 5.75 Å². The molecule has 0 atom stereocenters. The molecule has 0 amide bonds. The molecule has 3 N–H and O–H groups in total. The maximum atomic E-state index is 11.7. The molecule has 0 saturated heterocycles. The Kier molecular flexibility index (Phi) is 3.92. The van der Waals surface area contributed by atoms with Crippen molar-refractivity contribution >= 4 is 15.7 Å². The van der Waals surface area contributed by atoms with Gasteiger partial charge in [0.05, 0.1) is 17.7 Å². The molecule has 88 valence electrons. The molecule has 0 fully saturated rings. The summed E-state index contributed by atoms with van der Waals surface area (Å²) in [7, 11) is -2.10. The van der Waals surface area contributed by atoms with Crippen molar-refractivity contribution in [3.63, 3.8) is 0 Å². The van der Waals surface area contributed by atoms with Crippen molar-refractivity contribution in [2.24, 2.45) is 0 Å². The van der Waals surface area contributed by atoms with Crippen LogP contribution < -0.4 is 15.2 Å². The number of nitrogens with one attached hydrogen (secondary N) is 1. The molecule has 0 unspecified atom stereocenters. The van der Waals surface area contributed by atoms with Crippen LogP contribution in [0.3, 0.4) is 0 Å². The molecule has 0 spiro atoms. The molecule has 6 heteroatoms. The van der Waals surface area contributed by atoms with Gasteiger partial charge in [-0.2, -0.15) is 0 Å². The van der Waals surface area contributed by atoms with Gasteiger partial charge < -0.3 is 10.5 Å². The van der Waals surface area contributed by atoms with Gasteiger partial charge in [-0.15, -0.1) is 6.58 Å². The van der Waals surface area contributed by atoms with Gasteiger partial charge in [-0.25, -0.2) is 13.1 Å². The maximum Gasteiger partial charge on any atom is 0.240 e. The minimum Gasteiger partial charge on any atom is -0.495 e. The normalized spacial score (nSPS) is 11.1. The van der Waals surface area contributed by atoms with Crippen LogP contribution in [0.15, 0.2) is 35.7 Å². The molecule has 1 aromatic rings. The second kappa shape index (κ2) is 5.00. The molecule has 0 aliphatic carbocycles. The summed E-state index contributed by atoms with van der Waals surface area (Å²) in [6, 6.07) is 4.28. The van der Waals surface area contributed by atoms with E-state index in [9.17, 15) is 8.42 Å². The summed E-state index contributed by atoms with van der Waals surface area (Å²) in [5.41, 5.74) is 5.98. The first-order valence-electron chi connectivity index (χ1n) is 4.55. The van der Waals surface area contributed by atoms with Crippen molar-refractivity contribution in [1.82, 2.24) is 4.72 Å². The monoisotopic (exact) mass is 242 g/mol. The van der Waals surface area contributed by atoms with Crippen molar-refractivity contribution in [2.75, 3.05) is 19.4 Å². The zero-order valence-electron chi connectivity index (χ0n) is 8.93. The van der Waals surface area contributed by atoms with E-state index in [2.05, 4.69) is 11.3 Å². The molecule has 0 heterocycles. The van der Waals surface area contributed by atoms with Crippen LogP contribution in [0.2, 0.25) is 0 Å². The second-order valence-electron chi connectivity index (χ2n) is 3.04. The van der Waals surface area contributed by atoms with Gasteiger partial charge in [0.1, 0.15) is 5.75 Å². The lowest BCUT2D eigenvalue weighted by molar-refractivity contribution is 0.415. The first-order chi connectivity index (χ1) is 7.51. The Morgan fingerprint density at radius 2 is 2.25 bits per heavy atom. The highest BCUT2D eigenvalue weighted by atomic mass is 32.2. The van der Waals surface area contributed by atoms with E-state index in [4.69, 9.17) is 10.5 Å². The number of anilines is 1. The third-order valence-electron chi connectivity index (χ3n) is 1.93. The Bertz CT molecular complexity index is 483. The molecule has 0 aliphatic rings. The summed E-state index contributed by atoms with van der Waals surface area (Å²) in [6.45, 7) is 3.61. The van der Waals surface area contributed by atoms with Gasteiger partial charge in [0.15, 0.2) is 0 Å². The van der Waals surface area contributed by atoms with Crippen molar-refractivity contribution < 1.29 is 13.2 Å². The van der Waals surface area contributed by atoms with E-state index < -0.39 is 10.0 Å². The lowest BCUT2D eigenvalue weighted by atomic mass is 10.3. The van der Waals surface area contributed by atoms with Crippen LogP contribution in [0, 0.1) is 0 Å². The van der Waals surface area contributed by atoms with E-state index in [1.165, 1.54) is 31.4 Å². The zero-order valence-corrected chi connectivity index (χ0v) is 9.75. The maximum absolute atomic E-state index is 11.7. The molecule has 0 saturated carbocycles. The van der Waals surface area contributed by atoms with Gasteiger partial charge in [-0.1, -0.05) is 6.08 Å². The predicted molar refractivity (Wildman–Crippen MR) is 62.8 cm³/mol. The number of nitrogen functional groups attached to an aromatic ring is 1. The van der Waals surface area contributed by atoms with Gasteiger partial charge in [-0.3, -0.25) is 0 Å². The lowest BCUT2D eigenvalue weighted by Crippen LogP contribution is -2.23. The number of nitrogens with two attached hydrogens (primary N) is 1. The highest BCUT2D eigenvalue weighted by molar-refractivity contribution is 7.89. The molecule has 0 bridgehead atoms. The number of rotatable bonds is 5. The van der Waals surface area contributed by atoms with Crippen LogP contribution in [0.4, 0.5) is 5.69 Å². The van der Waals surface area contributed by atoms with Gasteiger partial charge in [0.2, 0.25) is 10.0 Å². The molecule has 1 rings (SSSR count). The van der Waals surface area contributed by atoms with Gasteiger partial charge in [-0.05, 0) is 12.1 Å². The fourth-order valence-corrected chi connectivity index (χ4v) is 2.12. The molecule has 5 nitrogen and oxygen atoms in total. The van der Waals surface area contributed by atoms with Crippen LogP contribution in [0.1, 0.15) is 0 Å². The summed E-state index contributed by atoms with van der Waals surface area (Å²) in [4.78, 5) is 0.111. The van der Waals surface area contributed by atoms with Crippen LogP contribution in [-0.2, 0) is 10.0 Å². The second-order valence-corrected chi connectivity index (χ2v) is 4.81. The molecule has 0 aliphatic heterocycles. The van der Waals surface area contributed by atoms with Crippen molar-refractivity contribution in [1.29, 1.82) is 0 Å². The van der Waals surface area contributed by atoms with E-state index in [0.717, 1.165) is 0 Å². The Morgan fingerprint density at radius 1 is 1.56 bits per heavy atom. The summed E-state index contributed by atoms with van der Waals surface area (Å²) < 4.78 is 30.7. The number of methoxy groups -OCH3 is 1. The fourth-order valence-electron chi connectivity index (χ4n) is 1.11. The first-order valence-corrected chi connectivity index (χ1v) is 6.03. The van der Waals surface area contributed by atoms with Crippen molar-refractivity contribution in [3.05, 3.63) is 30.9 Å². The highest BCUT2D eigenvalue weighted by Crippen LogP contribution is 2.24. The molecular formula is C10H14N2O3S. The molecule has 0 aromatic heterocycles. The summed E-state index contributed by atoms with van der Waals surface area (Å²) in [5.74, 6) is 0.335. The molecular weight excluding hydrogens is 228 g/mol. The van der Waals surface area contributed by atoms with Crippen molar-refractivity contribution in [2.45, 2.75) is 4.90 Å². The minimum atomic E-state index is -3.53. The van der Waals surface area contributed by atoms with Gasteiger partial charge in [0, 0.05) is 12.6 Å². The number of benzene rings is 1. The Hall–Kier alpha value is -1.53. The fraction of sp³-hybridized carbons (Fsp3) is 0.200. The largest absolute Gasteiger partial charge is 0.495 e. The summed E-state index contributed by atoms with van der Waals surface area (Å²) in [6.07, 6.45) is 1.46. The van der Waals surface area contributed by atoms with Crippen LogP contribution in [0.5, 0.6) is 5.75 Å². The van der Waals surface area contributed by atoms with E-state index >= 15 is 0 Å². The number of ether oxygens (including phenoxy) is 1. The lowest BCUT2D eigenvalue weighted by Gasteiger charge is -2.08. The average molecular weight is 242 g/mol. The van der Waals surface area contributed by atoms with Crippen LogP contribution in [-0.4, -0.2) is 22.1 Å². The Labute approximate surface area is 95.0 Å². The Morgan fingerprint density at radius 3 is 2.81 bits per heavy atom. The highest BCUT2D eigenvalue weighted by Gasteiger charge is 2.14. The third-order valence-corrected chi connectivity index (χ3v) is 3.35. The number of hydrogen-bond donors (Lipinski definition) is 2. The zero-order chi connectivity index (χ0) is 12.2. The van der Waals surface area contributed by atoms with Crippen LogP contribution in [0.25, 0.3) is 0 Å².